The first-order chi connectivity index (χ1) is 10.8. The Morgan fingerprint density at radius 2 is 1.78 bits per heavy atom. The van der Waals surface area contributed by atoms with Crippen LogP contribution in [-0.2, 0) is 15.8 Å². The van der Waals surface area contributed by atoms with Crippen molar-refractivity contribution >= 4 is 33.2 Å². The summed E-state index contributed by atoms with van der Waals surface area (Å²) in [5.41, 5.74) is 1.35. The summed E-state index contributed by atoms with van der Waals surface area (Å²) in [5, 5.41) is 0.802. The Morgan fingerprint density at radius 1 is 1.13 bits per heavy atom. The van der Waals surface area contributed by atoms with Gasteiger partial charge in [-0.15, -0.1) is 0 Å². The topological polar surface area (TPSA) is 55.4 Å². The molecule has 2 aromatic carbocycles. The van der Waals surface area contributed by atoms with Gasteiger partial charge in [0.2, 0.25) is 10.0 Å². The number of hydrogen-bond donors (Lipinski definition) is 1. The summed E-state index contributed by atoms with van der Waals surface area (Å²) >= 11 is 11.8. The molecular formula is C16H17Cl2NO3S. The van der Waals surface area contributed by atoms with E-state index in [1.807, 2.05) is 12.1 Å². The molecule has 0 radical (unpaired) electrons. The number of hydrogen-bond acceptors (Lipinski definition) is 3. The molecule has 1 N–H and O–H groups in total. The number of methoxy groups -OCH3 is 1. The minimum atomic E-state index is -3.54. The lowest BCUT2D eigenvalue weighted by atomic mass is 10.1. The van der Waals surface area contributed by atoms with E-state index in [0.29, 0.717) is 15.6 Å². The van der Waals surface area contributed by atoms with Crippen molar-refractivity contribution in [3.63, 3.8) is 0 Å². The van der Waals surface area contributed by atoms with Gasteiger partial charge in [0.25, 0.3) is 0 Å². The molecule has 2 aromatic rings. The maximum atomic E-state index is 12.3. The van der Waals surface area contributed by atoms with E-state index in [9.17, 15) is 8.42 Å². The van der Waals surface area contributed by atoms with E-state index in [1.54, 1.807) is 38.3 Å². The summed E-state index contributed by atoms with van der Waals surface area (Å²) in [7, 11) is -1.96. The van der Waals surface area contributed by atoms with Crippen molar-refractivity contribution in [2.45, 2.75) is 18.7 Å². The fourth-order valence-corrected chi connectivity index (χ4v) is 4.09. The monoisotopic (exact) mass is 373 g/mol. The first-order valence-electron chi connectivity index (χ1n) is 6.88. The summed E-state index contributed by atoms with van der Waals surface area (Å²) in [4.78, 5) is 0. The molecule has 0 spiro atoms. The van der Waals surface area contributed by atoms with Gasteiger partial charge in [-0.2, -0.15) is 0 Å². The Kier molecular flexibility index (Phi) is 5.92. The maximum absolute atomic E-state index is 12.3. The number of benzene rings is 2. The first kappa shape index (κ1) is 18.1. The van der Waals surface area contributed by atoms with Crippen molar-refractivity contribution < 1.29 is 13.2 Å². The molecule has 0 heterocycles. The van der Waals surface area contributed by atoms with Gasteiger partial charge in [-0.05, 0) is 42.3 Å². The van der Waals surface area contributed by atoms with E-state index >= 15 is 0 Å². The van der Waals surface area contributed by atoms with Crippen LogP contribution >= 0.6 is 23.2 Å². The van der Waals surface area contributed by atoms with Crippen molar-refractivity contribution in [3.05, 3.63) is 63.6 Å². The van der Waals surface area contributed by atoms with Crippen LogP contribution in [-0.4, -0.2) is 15.5 Å². The molecule has 0 saturated heterocycles. The molecule has 0 amide bonds. The van der Waals surface area contributed by atoms with E-state index in [-0.39, 0.29) is 11.8 Å². The van der Waals surface area contributed by atoms with Crippen LogP contribution in [0.3, 0.4) is 0 Å². The van der Waals surface area contributed by atoms with Crippen molar-refractivity contribution in [3.8, 4) is 5.75 Å². The molecule has 0 aromatic heterocycles. The maximum Gasteiger partial charge on any atom is 0.216 e. The van der Waals surface area contributed by atoms with Gasteiger partial charge in [-0.25, -0.2) is 13.1 Å². The van der Waals surface area contributed by atoms with Crippen molar-refractivity contribution in [1.82, 2.24) is 4.72 Å². The Labute approximate surface area is 146 Å². The summed E-state index contributed by atoms with van der Waals surface area (Å²) in [5.74, 6) is 0.514. The highest BCUT2D eigenvalue weighted by Crippen LogP contribution is 2.24. The zero-order valence-electron chi connectivity index (χ0n) is 12.7. The third-order valence-corrected chi connectivity index (χ3v) is 5.32. The van der Waals surface area contributed by atoms with Crippen LogP contribution in [0.1, 0.15) is 24.1 Å². The van der Waals surface area contributed by atoms with Crippen LogP contribution < -0.4 is 9.46 Å². The van der Waals surface area contributed by atoms with Gasteiger partial charge in [0.1, 0.15) is 5.75 Å². The number of nitrogens with one attached hydrogen (secondary N) is 1. The van der Waals surface area contributed by atoms with Crippen molar-refractivity contribution in [1.29, 1.82) is 0 Å². The second-order valence-corrected chi connectivity index (χ2v) is 7.71. The predicted molar refractivity (Wildman–Crippen MR) is 93.6 cm³/mol. The molecule has 0 aliphatic rings. The molecule has 23 heavy (non-hydrogen) atoms. The highest BCUT2D eigenvalue weighted by molar-refractivity contribution is 7.88. The molecule has 2 rings (SSSR count). The fraction of sp³-hybridized carbons (Fsp3) is 0.250. The van der Waals surface area contributed by atoms with Crippen LogP contribution in [0.25, 0.3) is 0 Å². The molecule has 0 fully saturated rings. The molecule has 4 nitrogen and oxygen atoms in total. The van der Waals surface area contributed by atoms with E-state index in [1.165, 1.54) is 6.07 Å². The van der Waals surface area contributed by atoms with Crippen molar-refractivity contribution in [2.75, 3.05) is 7.11 Å². The highest BCUT2D eigenvalue weighted by atomic mass is 35.5. The Hall–Kier alpha value is -1.27. The Bertz CT molecular complexity index is 776. The molecule has 0 aliphatic heterocycles. The largest absolute Gasteiger partial charge is 0.497 e. The smallest absolute Gasteiger partial charge is 0.216 e. The van der Waals surface area contributed by atoms with Crippen molar-refractivity contribution in [2.24, 2.45) is 0 Å². The first-order valence-corrected chi connectivity index (χ1v) is 9.29. The number of halogens is 2. The molecular weight excluding hydrogens is 357 g/mol. The molecule has 0 bridgehead atoms. The highest BCUT2D eigenvalue weighted by Gasteiger charge is 2.18. The molecule has 124 valence electrons. The minimum absolute atomic E-state index is 0.205. The second-order valence-electron chi connectivity index (χ2n) is 5.11. The predicted octanol–water partition coefficient (Wildman–Crippen LogP) is 4.18. The average molecular weight is 374 g/mol. The van der Waals surface area contributed by atoms with E-state index < -0.39 is 10.0 Å². The number of rotatable bonds is 6. The van der Waals surface area contributed by atoms with Gasteiger partial charge in [0.15, 0.2) is 0 Å². The molecule has 0 unspecified atom stereocenters. The number of sulfonamides is 1. The lowest BCUT2D eigenvalue weighted by Crippen LogP contribution is -2.28. The van der Waals surface area contributed by atoms with Crippen LogP contribution in [0.15, 0.2) is 42.5 Å². The summed E-state index contributed by atoms with van der Waals surface area (Å²) in [6, 6.07) is 11.6. The zero-order chi connectivity index (χ0) is 17.0. The molecule has 1 atom stereocenters. The Morgan fingerprint density at radius 3 is 2.35 bits per heavy atom. The quantitative estimate of drug-likeness (QED) is 0.825. The summed E-state index contributed by atoms with van der Waals surface area (Å²) < 4.78 is 32.4. The standard InChI is InChI=1S/C16H17Cl2NO3S/c1-11(12-4-7-15(22-2)8-5-12)19-23(20,21)10-13-3-6-14(17)9-16(13)18/h3-9,11,19H,10H2,1-2H3/t11-/m0/s1. The normalized spacial score (nSPS) is 12.9. The zero-order valence-corrected chi connectivity index (χ0v) is 15.0. The SMILES string of the molecule is COc1ccc([C@H](C)NS(=O)(=O)Cc2ccc(Cl)cc2Cl)cc1. The van der Waals surface area contributed by atoms with Crippen LogP contribution in [0.5, 0.6) is 5.75 Å². The van der Waals surface area contributed by atoms with Gasteiger partial charge in [0, 0.05) is 16.1 Å². The minimum Gasteiger partial charge on any atom is -0.497 e. The van der Waals surface area contributed by atoms with E-state index in [2.05, 4.69) is 4.72 Å². The molecule has 0 aliphatic carbocycles. The summed E-state index contributed by atoms with van der Waals surface area (Å²) in [6.45, 7) is 1.78. The summed E-state index contributed by atoms with van der Waals surface area (Å²) in [6.07, 6.45) is 0. The molecule has 7 heteroatoms. The third-order valence-electron chi connectivity index (χ3n) is 3.33. The average Bonchev–Trinajstić information content (AvgIpc) is 2.49. The van der Waals surface area contributed by atoms with Crippen LogP contribution in [0.2, 0.25) is 10.0 Å². The second kappa shape index (κ2) is 7.53. The van der Waals surface area contributed by atoms with Gasteiger partial charge >= 0.3 is 0 Å². The van der Waals surface area contributed by atoms with E-state index in [4.69, 9.17) is 27.9 Å². The Balaban J connectivity index is 2.10. The van der Waals surface area contributed by atoms with Gasteiger partial charge in [0.05, 0.1) is 12.9 Å². The number of ether oxygens (including phenoxy) is 1. The fourth-order valence-electron chi connectivity index (χ4n) is 2.12. The van der Waals surface area contributed by atoms with E-state index in [0.717, 1.165) is 11.3 Å². The van der Waals surface area contributed by atoms with Gasteiger partial charge in [-0.1, -0.05) is 41.4 Å². The third kappa shape index (κ3) is 5.11. The van der Waals surface area contributed by atoms with Crippen LogP contribution in [0, 0.1) is 0 Å². The van der Waals surface area contributed by atoms with Gasteiger partial charge < -0.3 is 4.74 Å². The lowest BCUT2D eigenvalue weighted by molar-refractivity contribution is 0.414. The van der Waals surface area contributed by atoms with Crippen LogP contribution in [0.4, 0.5) is 0 Å². The molecule has 0 saturated carbocycles. The van der Waals surface area contributed by atoms with Gasteiger partial charge in [-0.3, -0.25) is 0 Å². The lowest BCUT2D eigenvalue weighted by Gasteiger charge is -2.15.